The van der Waals surface area contributed by atoms with Crippen LogP contribution in [0.5, 0.6) is 0 Å². The Morgan fingerprint density at radius 2 is 2.21 bits per heavy atom. The van der Waals surface area contributed by atoms with Gasteiger partial charge in [0.05, 0.1) is 25.9 Å². The number of hydrogen-bond donors (Lipinski definition) is 1. The van der Waals surface area contributed by atoms with Crippen molar-refractivity contribution >= 4 is 5.91 Å². The van der Waals surface area contributed by atoms with Gasteiger partial charge in [-0.3, -0.25) is 4.79 Å². The van der Waals surface area contributed by atoms with Crippen molar-refractivity contribution in [1.82, 2.24) is 10.2 Å². The number of nitrogens with zero attached hydrogens (tertiary/aromatic N) is 1. The molecule has 0 atom stereocenters. The second-order valence-electron chi connectivity index (χ2n) is 4.55. The van der Waals surface area contributed by atoms with E-state index >= 15 is 0 Å². The molecule has 1 amide bonds. The SMILES string of the molecule is O=C(CNCC(F)(F)F)N(Cc1ccco1)C1CC1. The van der Waals surface area contributed by atoms with Gasteiger partial charge in [-0.05, 0) is 25.0 Å². The van der Waals surface area contributed by atoms with Crippen LogP contribution in [0, 0.1) is 0 Å². The molecule has 1 heterocycles. The third kappa shape index (κ3) is 4.59. The molecule has 1 aliphatic carbocycles. The molecule has 1 aromatic rings. The topological polar surface area (TPSA) is 45.5 Å². The minimum absolute atomic E-state index is 0.130. The average Bonchev–Trinajstić information content (AvgIpc) is 3.01. The Kier molecular flexibility index (Phi) is 4.14. The highest BCUT2D eigenvalue weighted by molar-refractivity contribution is 5.78. The summed E-state index contributed by atoms with van der Waals surface area (Å²) in [4.78, 5) is 13.5. The van der Waals surface area contributed by atoms with E-state index in [0.29, 0.717) is 12.3 Å². The van der Waals surface area contributed by atoms with Gasteiger partial charge in [0.2, 0.25) is 5.91 Å². The molecule has 106 valence electrons. The Morgan fingerprint density at radius 3 is 2.74 bits per heavy atom. The van der Waals surface area contributed by atoms with Crippen LogP contribution in [0.1, 0.15) is 18.6 Å². The van der Waals surface area contributed by atoms with Crippen molar-refractivity contribution in [3.63, 3.8) is 0 Å². The summed E-state index contributed by atoms with van der Waals surface area (Å²) in [6.07, 6.45) is -1.00. The van der Waals surface area contributed by atoms with Crippen LogP contribution in [0.3, 0.4) is 0 Å². The van der Waals surface area contributed by atoms with Crippen molar-refractivity contribution in [3.8, 4) is 0 Å². The third-order valence-electron chi connectivity index (χ3n) is 2.82. The minimum Gasteiger partial charge on any atom is -0.467 e. The van der Waals surface area contributed by atoms with Gasteiger partial charge in [0, 0.05) is 6.04 Å². The summed E-state index contributed by atoms with van der Waals surface area (Å²) in [5.74, 6) is 0.305. The van der Waals surface area contributed by atoms with Crippen molar-refractivity contribution in [2.24, 2.45) is 0 Å². The summed E-state index contributed by atoms with van der Waals surface area (Å²) in [5, 5.41) is 2.12. The van der Waals surface area contributed by atoms with E-state index in [1.165, 1.54) is 6.26 Å². The Morgan fingerprint density at radius 1 is 1.47 bits per heavy atom. The van der Waals surface area contributed by atoms with Crippen LogP contribution in [0.4, 0.5) is 13.2 Å². The van der Waals surface area contributed by atoms with Gasteiger partial charge in [0.25, 0.3) is 0 Å². The number of alkyl halides is 3. The van der Waals surface area contributed by atoms with Gasteiger partial charge in [-0.15, -0.1) is 0 Å². The molecule has 1 aromatic heterocycles. The molecule has 0 spiro atoms. The van der Waals surface area contributed by atoms with Crippen LogP contribution in [-0.4, -0.2) is 36.1 Å². The zero-order valence-corrected chi connectivity index (χ0v) is 10.2. The van der Waals surface area contributed by atoms with E-state index in [1.807, 2.05) is 0 Å². The van der Waals surface area contributed by atoms with Gasteiger partial charge in [-0.2, -0.15) is 13.2 Å². The normalized spacial score (nSPS) is 15.5. The van der Waals surface area contributed by atoms with Crippen LogP contribution in [0.15, 0.2) is 22.8 Å². The van der Waals surface area contributed by atoms with Crippen molar-refractivity contribution in [3.05, 3.63) is 24.2 Å². The van der Waals surface area contributed by atoms with Crippen molar-refractivity contribution in [1.29, 1.82) is 0 Å². The van der Waals surface area contributed by atoms with E-state index in [2.05, 4.69) is 5.32 Å². The standard InChI is InChI=1S/C12H15F3N2O2/c13-12(14,15)8-16-6-11(18)17(9-3-4-9)7-10-2-1-5-19-10/h1-2,5,9,16H,3-4,6-8H2. The lowest BCUT2D eigenvalue weighted by molar-refractivity contribution is -0.135. The molecule has 2 rings (SSSR count). The first-order valence-electron chi connectivity index (χ1n) is 6.05. The Labute approximate surface area is 108 Å². The van der Waals surface area contributed by atoms with E-state index in [0.717, 1.165) is 12.8 Å². The number of rotatable bonds is 6. The summed E-state index contributed by atoms with van der Waals surface area (Å²) >= 11 is 0. The number of carbonyl (C=O) groups excluding carboxylic acids is 1. The Bertz CT molecular complexity index is 413. The van der Waals surface area contributed by atoms with Gasteiger partial charge in [0.15, 0.2) is 0 Å². The van der Waals surface area contributed by atoms with Crippen LogP contribution >= 0.6 is 0 Å². The largest absolute Gasteiger partial charge is 0.467 e. The summed E-state index contributed by atoms with van der Waals surface area (Å²) in [6, 6.07) is 3.59. The van der Waals surface area contributed by atoms with Crippen LogP contribution < -0.4 is 5.32 Å². The monoisotopic (exact) mass is 276 g/mol. The van der Waals surface area contributed by atoms with Gasteiger partial charge in [0.1, 0.15) is 5.76 Å². The predicted molar refractivity (Wildman–Crippen MR) is 61.2 cm³/mol. The van der Waals surface area contributed by atoms with E-state index in [9.17, 15) is 18.0 Å². The molecule has 0 aliphatic heterocycles. The van der Waals surface area contributed by atoms with Crippen molar-refractivity contribution in [2.75, 3.05) is 13.1 Å². The molecule has 0 unspecified atom stereocenters. The summed E-state index contributed by atoms with van der Waals surface area (Å²) < 4.78 is 41.1. The van der Waals surface area contributed by atoms with Crippen LogP contribution in [0.25, 0.3) is 0 Å². The number of furan rings is 1. The molecule has 0 aromatic carbocycles. The van der Waals surface area contributed by atoms with E-state index in [-0.39, 0.29) is 18.5 Å². The molecule has 7 heteroatoms. The quantitative estimate of drug-likeness (QED) is 0.863. The molecule has 1 aliphatic rings. The highest BCUT2D eigenvalue weighted by atomic mass is 19.4. The molecular formula is C12H15F3N2O2. The second kappa shape index (κ2) is 5.64. The summed E-state index contributed by atoms with van der Waals surface area (Å²) in [7, 11) is 0. The number of nitrogens with one attached hydrogen (secondary N) is 1. The molecular weight excluding hydrogens is 261 g/mol. The van der Waals surface area contributed by atoms with E-state index < -0.39 is 12.7 Å². The first-order valence-corrected chi connectivity index (χ1v) is 6.05. The number of hydrogen-bond acceptors (Lipinski definition) is 3. The van der Waals surface area contributed by atoms with Gasteiger partial charge < -0.3 is 14.6 Å². The molecule has 19 heavy (non-hydrogen) atoms. The fourth-order valence-corrected chi connectivity index (χ4v) is 1.79. The Hall–Kier alpha value is -1.50. The van der Waals surface area contributed by atoms with E-state index in [4.69, 9.17) is 4.42 Å². The zero-order chi connectivity index (χ0) is 13.9. The maximum Gasteiger partial charge on any atom is 0.401 e. The molecule has 1 N–H and O–H groups in total. The molecule has 0 radical (unpaired) electrons. The number of amides is 1. The third-order valence-corrected chi connectivity index (χ3v) is 2.82. The lowest BCUT2D eigenvalue weighted by Crippen LogP contribution is -2.41. The maximum absolute atomic E-state index is 12.0. The lowest BCUT2D eigenvalue weighted by Gasteiger charge is -2.21. The van der Waals surface area contributed by atoms with Crippen molar-refractivity contribution < 1.29 is 22.4 Å². The fraction of sp³-hybridized carbons (Fsp3) is 0.583. The highest BCUT2D eigenvalue weighted by Gasteiger charge is 2.33. The van der Waals surface area contributed by atoms with Gasteiger partial charge in [-0.1, -0.05) is 0 Å². The van der Waals surface area contributed by atoms with E-state index in [1.54, 1.807) is 17.0 Å². The maximum atomic E-state index is 12.0. The lowest BCUT2D eigenvalue weighted by atomic mass is 10.3. The average molecular weight is 276 g/mol. The Balaban J connectivity index is 1.83. The number of halogens is 3. The van der Waals surface area contributed by atoms with Crippen molar-refractivity contribution in [2.45, 2.75) is 31.6 Å². The van der Waals surface area contributed by atoms with Gasteiger partial charge >= 0.3 is 6.18 Å². The molecule has 0 saturated heterocycles. The first-order chi connectivity index (χ1) is 8.96. The zero-order valence-electron chi connectivity index (χ0n) is 10.2. The first kappa shape index (κ1) is 13.9. The summed E-state index contributed by atoms with van der Waals surface area (Å²) in [5.41, 5.74) is 0. The number of carbonyl (C=O) groups is 1. The molecule has 4 nitrogen and oxygen atoms in total. The fourth-order valence-electron chi connectivity index (χ4n) is 1.79. The minimum atomic E-state index is -4.30. The second-order valence-corrected chi connectivity index (χ2v) is 4.55. The smallest absolute Gasteiger partial charge is 0.401 e. The van der Waals surface area contributed by atoms with Crippen LogP contribution in [0.2, 0.25) is 0 Å². The highest BCUT2D eigenvalue weighted by Crippen LogP contribution is 2.28. The molecule has 0 bridgehead atoms. The predicted octanol–water partition coefficient (Wildman–Crippen LogP) is 1.92. The molecule has 1 fully saturated rings. The van der Waals surface area contributed by atoms with Crippen LogP contribution in [-0.2, 0) is 11.3 Å². The molecule has 1 saturated carbocycles. The van der Waals surface area contributed by atoms with Gasteiger partial charge in [-0.25, -0.2) is 0 Å². The summed E-state index contributed by atoms with van der Waals surface area (Å²) in [6.45, 7) is -1.15.